The van der Waals surface area contributed by atoms with Crippen LogP contribution in [0.5, 0.6) is 0 Å². The third-order valence-corrected chi connectivity index (χ3v) is 4.14. The van der Waals surface area contributed by atoms with E-state index in [2.05, 4.69) is 5.32 Å². The number of nitrogens with one attached hydrogen (secondary N) is 1. The highest BCUT2D eigenvalue weighted by Crippen LogP contribution is 2.35. The molecule has 2 atom stereocenters. The summed E-state index contributed by atoms with van der Waals surface area (Å²) in [6.07, 6.45) is 0. The second-order valence-electron chi connectivity index (χ2n) is 6.60. The van der Waals surface area contributed by atoms with Crippen LogP contribution in [-0.2, 0) is 9.59 Å². The van der Waals surface area contributed by atoms with Gasteiger partial charge in [-0.25, -0.2) is 0 Å². The van der Waals surface area contributed by atoms with E-state index in [0.717, 1.165) is 5.56 Å². The van der Waals surface area contributed by atoms with Crippen LogP contribution >= 0.6 is 11.6 Å². The van der Waals surface area contributed by atoms with Crippen molar-refractivity contribution in [1.82, 2.24) is 5.32 Å². The molecule has 0 bridgehead atoms. The molecule has 1 fully saturated rings. The molecular formula is C16H21ClN2O2. The first-order valence-corrected chi connectivity index (χ1v) is 7.41. The van der Waals surface area contributed by atoms with E-state index in [9.17, 15) is 9.59 Å². The molecule has 1 aromatic rings. The van der Waals surface area contributed by atoms with E-state index in [0.29, 0.717) is 10.7 Å². The Morgan fingerprint density at radius 1 is 1.24 bits per heavy atom. The van der Waals surface area contributed by atoms with Crippen LogP contribution in [0.25, 0.3) is 0 Å². The van der Waals surface area contributed by atoms with Crippen LogP contribution < -0.4 is 10.2 Å². The Bertz CT molecular complexity index is 572. The molecule has 0 saturated carbocycles. The summed E-state index contributed by atoms with van der Waals surface area (Å²) in [5.41, 5.74) is 1.14. The number of anilines is 1. The number of hydrogen-bond donors (Lipinski definition) is 1. The number of hydrogen-bond acceptors (Lipinski definition) is 2. The summed E-state index contributed by atoms with van der Waals surface area (Å²) in [6.45, 7) is 9.41. The van der Waals surface area contributed by atoms with Gasteiger partial charge in [-0.15, -0.1) is 0 Å². The highest BCUT2D eigenvalue weighted by Gasteiger charge is 2.44. The zero-order valence-electron chi connectivity index (χ0n) is 13.0. The number of amides is 2. The van der Waals surface area contributed by atoms with Gasteiger partial charge < -0.3 is 5.32 Å². The van der Waals surface area contributed by atoms with Gasteiger partial charge in [0.2, 0.25) is 5.91 Å². The lowest BCUT2D eigenvalue weighted by atomic mass is 9.83. The minimum atomic E-state index is -0.574. The lowest BCUT2D eigenvalue weighted by molar-refractivity contribution is -0.136. The van der Waals surface area contributed by atoms with Gasteiger partial charge in [0.15, 0.2) is 0 Å². The first-order chi connectivity index (χ1) is 9.64. The van der Waals surface area contributed by atoms with Gasteiger partial charge in [-0.2, -0.15) is 0 Å². The quantitative estimate of drug-likeness (QED) is 0.867. The Kier molecular flexibility index (Phi) is 4.02. The summed E-state index contributed by atoms with van der Waals surface area (Å²) >= 11 is 6.28. The van der Waals surface area contributed by atoms with Gasteiger partial charge in [-0.05, 0) is 30.9 Å². The van der Waals surface area contributed by atoms with Crippen LogP contribution in [0, 0.1) is 12.3 Å². The van der Waals surface area contributed by atoms with Gasteiger partial charge in [-0.3, -0.25) is 14.5 Å². The topological polar surface area (TPSA) is 49.4 Å². The zero-order valence-corrected chi connectivity index (χ0v) is 13.8. The van der Waals surface area contributed by atoms with Gasteiger partial charge in [0.25, 0.3) is 5.91 Å². The molecule has 2 amide bonds. The maximum Gasteiger partial charge on any atom is 0.250 e. The normalized spacial score (nSPS) is 23.2. The standard InChI is InChI=1S/C16H21ClN2O2/c1-9-7-6-8-11(17)12(9)19-10(2)14(20)18-13(15(19)21)16(3,4)5/h6-8,10,13H,1-5H3,(H,18,20). The Labute approximate surface area is 130 Å². The third-order valence-electron chi connectivity index (χ3n) is 3.83. The number of carbonyl (C=O) groups is 2. The summed E-state index contributed by atoms with van der Waals surface area (Å²) in [6, 6.07) is 4.33. The summed E-state index contributed by atoms with van der Waals surface area (Å²) in [4.78, 5) is 26.7. The average Bonchev–Trinajstić information content (AvgIpc) is 2.36. The molecule has 1 heterocycles. The van der Waals surface area contributed by atoms with Crippen molar-refractivity contribution in [2.45, 2.75) is 46.7 Å². The fourth-order valence-corrected chi connectivity index (χ4v) is 2.90. The molecule has 1 aromatic carbocycles. The minimum absolute atomic E-state index is 0.120. The van der Waals surface area contributed by atoms with Crippen molar-refractivity contribution in [3.63, 3.8) is 0 Å². The smallest absolute Gasteiger partial charge is 0.250 e. The summed E-state index contributed by atoms with van der Waals surface area (Å²) in [5.74, 6) is -0.278. The predicted octanol–water partition coefficient (Wildman–Crippen LogP) is 2.91. The third kappa shape index (κ3) is 2.77. The Morgan fingerprint density at radius 2 is 1.86 bits per heavy atom. The SMILES string of the molecule is Cc1cccc(Cl)c1N1C(=O)C(C(C)(C)C)NC(=O)C1C. The second-order valence-corrected chi connectivity index (χ2v) is 7.00. The molecule has 2 rings (SSSR count). The number of carbonyl (C=O) groups excluding carboxylic acids is 2. The molecule has 4 nitrogen and oxygen atoms in total. The molecule has 0 spiro atoms. The summed E-state index contributed by atoms with van der Waals surface area (Å²) in [5, 5.41) is 3.31. The molecule has 2 unspecified atom stereocenters. The molecule has 1 aliphatic rings. The van der Waals surface area contributed by atoms with Crippen molar-refractivity contribution in [3.8, 4) is 0 Å². The van der Waals surface area contributed by atoms with Crippen molar-refractivity contribution < 1.29 is 9.59 Å². The van der Waals surface area contributed by atoms with Crippen LogP contribution in [0.3, 0.4) is 0 Å². The maximum atomic E-state index is 12.9. The number of nitrogens with zero attached hydrogens (tertiary/aromatic N) is 1. The molecule has 21 heavy (non-hydrogen) atoms. The highest BCUT2D eigenvalue weighted by atomic mass is 35.5. The zero-order chi connectivity index (χ0) is 15.9. The van der Waals surface area contributed by atoms with Crippen molar-refractivity contribution >= 4 is 29.1 Å². The molecule has 5 heteroatoms. The van der Waals surface area contributed by atoms with Gasteiger partial charge in [0.1, 0.15) is 12.1 Å². The van der Waals surface area contributed by atoms with Gasteiger partial charge in [0.05, 0.1) is 10.7 Å². The molecule has 0 aromatic heterocycles. The lowest BCUT2D eigenvalue weighted by Crippen LogP contribution is -2.66. The molecule has 0 aliphatic carbocycles. The Hall–Kier alpha value is -1.55. The van der Waals surface area contributed by atoms with Gasteiger partial charge >= 0.3 is 0 Å². The molecule has 0 radical (unpaired) electrons. The largest absolute Gasteiger partial charge is 0.342 e. The molecule has 1 aliphatic heterocycles. The Morgan fingerprint density at radius 3 is 2.38 bits per heavy atom. The number of benzene rings is 1. The van der Waals surface area contributed by atoms with Crippen LogP contribution in [0.4, 0.5) is 5.69 Å². The molecule has 114 valence electrons. The molecule has 1 N–H and O–H groups in total. The van der Waals surface area contributed by atoms with E-state index in [1.165, 1.54) is 4.90 Å². The predicted molar refractivity (Wildman–Crippen MR) is 84.5 cm³/mol. The second kappa shape index (κ2) is 5.34. The van der Waals surface area contributed by atoms with E-state index in [1.807, 2.05) is 39.8 Å². The van der Waals surface area contributed by atoms with E-state index in [4.69, 9.17) is 11.6 Å². The van der Waals surface area contributed by atoms with E-state index < -0.39 is 12.1 Å². The number of aryl methyl sites for hydroxylation is 1. The summed E-state index contributed by atoms with van der Waals surface area (Å²) < 4.78 is 0. The van der Waals surface area contributed by atoms with Gasteiger partial charge in [-0.1, -0.05) is 44.5 Å². The fraction of sp³-hybridized carbons (Fsp3) is 0.500. The highest BCUT2D eigenvalue weighted by molar-refractivity contribution is 6.34. The van der Waals surface area contributed by atoms with E-state index in [-0.39, 0.29) is 17.2 Å². The minimum Gasteiger partial charge on any atom is -0.342 e. The molecule has 1 saturated heterocycles. The summed E-state index contributed by atoms with van der Waals surface area (Å²) in [7, 11) is 0. The van der Waals surface area contributed by atoms with E-state index >= 15 is 0 Å². The number of para-hydroxylation sites is 1. The van der Waals surface area contributed by atoms with Gasteiger partial charge in [0, 0.05) is 0 Å². The first kappa shape index (κ1) is 15.8. The molecular weight excluding hydrogens is 288 g/mol. The van der Waals surface area contributed by atoms with Crippen LogP contribution in [0.2, 0.25) is 5.02 Å². The van der Waals surface area contributed by atoms with Crippen molar-refractivity contribution in [2.75, 3.05) is 4.90 Å². The lowest BCUT2D eigenvalue weighted by Gasteiger charge is -2.42. The van der Waals surface area contributed by atoms with Crippen molar-refractivity contribution in [2.24, 2.45) is 5.41 Å². The maximum absolute atomic E-state index is 12.9. The van der Waals surface area contributed by atoms with E-state index in [1.54, 1.807) is 13.0 Å². The van der Waals surface area contributed by atoms with Crippen LogP contribution in [0.15, 0.2) is 18.2 Å². The Balaban J connectivity index is 2.54. The van der Waals surface area contributed by atoms with Crippen LogP contribution in [0.1, 0.15) is 33.3 Å². The monoisotopic (exact) mass is 308 g/mol. The average molecular weight is 309 g/mol. The first-order valence-electron chi connectivity index (χ1n) is 7.03. The van der Waals surface area contributed by atoms with Crippen molar-refractivity contribution in [3.05, 3.63) is 28.8 Å². The van der Waals surface area contributed by atoms with Crippen LogP contribution in [-0.4, -0.2) is 23.9 Å². The number of halogens is 1. The number of rotatable bonds is 1. The fourth-order valence-electron chi connectivity index (χ4n) is 2.59. The number of piperazine rings is 1. The van der Waals surface area contributed by atoms with Crippen molar-refractivity contribution in [1.29, 1.82) is 0 Å².